The van der Waals surface area contributed by atoms with Crippen LogP contribution in [0.25, 0.3) is 0 Å². The average Bonchev–Trinajstić information content (AvgIpc) is 3.44. The molecule has 4 rings (SSSR count). The number of nitrogens with zero attached hydrogens (tertiary/aromatic N) is 1. The van der Waals surface area contributed by atoms with Crippen LogP contribution in [0.4, 0.5) is 0 Å². The van der Waals surface area contributed by atoms with E-state index in [2.05, 4.69) is 35.7 Å². The molecule has 0 aromatic heterocycles. The Morgan fingerprint density at radius 2 is 1.96 bits per heavy atom. The van der Waals surface area contributed by atoms with Crippen molar-refractivity contribution in [3.8, 4) is 11.8 Å². The van der Waals surface area contributed by atoms with Gasteiger partial charge in [0.15, 0.2) is 0 Å². The average molecular weight is 318 g/mol. The quantitative estimate of drug-likeness (QED) is 0.927. The fourth-order valence-corrected chi connectivity index (χ4v) is 3.75. The van der Waals surface area contributed by atoms with E-state index in [0.29, 0.717) is 11.6 Å². The van der Waals surface area contributed by atoms with E-state index in [-0.39, 0.29) is 6.04 Å². The van der Waals surface area contributed by atoms with Crippen LogP contribution in [0, 0.1) is 17.2 Å². The number of fused-ring (bicyclic) bond motifs is 1. The number of nitriles is 1. The van der Waals surface area contributed by atoms with E-state index in [1.807, 2.05) is 18.2 Å². The lowest BCUT2D eigenvalue weighted by Crippen LogP contribution is -2.40. The molecule has 2 aromatic carbocycles. The fourth-order valence-electron chi connectivity index (χ4n) is 3.75. The van der Waals surface area contributed by atoms with E-state index in [9.17, 15) is 0 Å². The lowest BCUT2D eigenvalue weighted by molar-refractivity contribution is 0.392. The molecule has 0 bridgehead atoms. The summed E-state index contributed by atoms with van der Waals surface area (Å²) in [7, 11) is 1.72. The van der Waals surface area contributed by atoms with Gasteiger partial charge in [-0.2, -0.15) is 5.26 Å². The zero-order valence-corrected chi connectivity index (χ0v) is 14.0. The topological polar surface area (TPSA) is 45.0 Å². The molecule has 24 heavy (non-hydrogen) atoms. The molecule has 1 N–H and O–H groups in total. The highest BCUT2D eigenvalue weighted by molar-refractivity contribution is 5.45. The Morgan fingerprint density at radius 3 is 2.62 bits per heavy atom. The third kappa shape index (κ3) is 3.02. The Balaban J connectivity index is 1.69. The van der Waals surface area contributed by atoms with Crippen LogP contribution in [-0.2, 0) is 6.42 Å². The van der Waals surface area contributed by atoms with Crippen molar-refractivity contribution in [3.05, 3.63) is 64.7 Å². The summed E-state index contributed by atoms with van der Waals surface area (Å²) in [6.07, 6.45) is 5.08. The first-order valence-corrected chi connectivity index (χ1v) is 8.69. The SMILES string of the molecule is COc1ccc2c(c1)C[C@H](CC1CC1)N[C@H]2c1ccc(C#N)cc1. The van der Waals surface area contributed by atoms with Gasteiger partial charge >= 0.3 is 0 Å². The van der Waals surface area contributed by atoms with Gasteiger partial charge in [0.1, 0.15) is 5.75 Å². The molecule has 1 fully saturated rings. The van der Waals surface area contributed by atoms with Crippen molar-refractivity contribution in [2.24, 2.45) is 5.92 Å². The highest BCUT2D eigenvalue weighted by atomic mass is 16.5. The largest absolute Gasteiger partial charge is 0.497 e. The first kappa shape index (κ1) is 15.2. The maximum absolute atomic E-state index is 9.02. The van der Waals surface area contributed by atoms with Crippen LogP contribution >= 0.6 is 0 Å². The third-order valence-electron chi connectivity index (χ3n) is 5.22. The van der Waals surface area contributed by atoms with Gasteiger partial charge in [0.25, 0.3) is 0 Å². The minimum Gasteiger partial charge on any atom is -0.497 e. The maximum atomic E-state index is 9.02. The van der Waals surface area contributed by atoms with Gasteiger partial charge in [-0.25, -0.2) is 0 Å². The predicted molar refractivity (Wildman–Crippen MR) is 94.0 cm³/mol. The van der Waals surface area contributed by atoms with Gasteiger partial charge < -0.3 is 10.1 Å². The van der Waals surface area contributed by atoms with Crippen LogP contribution in [0.5, 0.6) is 5.75 Å². The lowest BCUT2D eigenvalue weighted by Gasteiger charge is -2.34. The minimum absolute atomic E-state index is 0.191. The molecule has 3 nitrogen and oxygen atoms in total. The van der Waals surface area contributed by atoms with E-state index in [0.717, 1.165) is 18.1 Å². The maximum Gasteiger partial charge on any atom is 0.119 e. The standard InChI is InChI=1S/C21H22N2O/c1-24-19-8-9-20-17(12-19)11-18(10-14-2-3-14)23-21(20)16-6-4-15(13-22)5-7-16/h4-9,12,14,18,21,23H,2-3,10-11H2,1H3/t18-,21-/m0/s1. The number of rotatable bonds is 4. The second-order valence-electron chi connectivity index (χ2n) is 6.98. The Labute approximate surface area is 143 Å². The number of ether oxygens (including phenoxy) is 1. The van der Waals surface area contributed by atoms with Crippen molar-refractivity contribution in [1.29, 1.82) is 5.26 Å². The number of hydrogen-bond acceptors (Lipinski definition) is 3. The van der Waals surface area contributed by atoms with Gasteiger partial charge in [-0.05, 0) is 59.7 Å². The van der Waals surface area contributed by atoms with E-state index in [1.165, 1.54) is 36.0 Å². The second kappa shape index (κ2) is 6.30. The summed E-state index contributed by atoms with van der Waals surface area (Å²) in [6.45, 7) is 0. The molecule has 2 aromatic rings. The first-order chi connectivity index (χ1) is 11.8. The van der Waals surface area contributed by atoms with Gasteiger partial charge in [-0.1, -0.05) is 31.0 Å². The molecular formula is C21H22N2O. The van der Waals surface area contributed by atoms with Crippen molar-refractivity contribution in [3.63, 3.8) is 0 Å². The first-order valence-electron chi connectivity index (χ1n) is 8.69. The normalized spacial score (nSPS) is 22.5. The summed E-state index contributed by atoms with van der Waals surface area (Å²) in [4.78, 5) is 0. The monoisotopic (exact) mass is 318 g/mol. The number of benzene rings is 2. The smallest absolute Gasteiger partial charge is 0.119 e. The Hall–Kier alpha value is -2.31. The van der Waals surface area contributed by atoms with Crippen LogP contribution in [0.1, 0.15) is 47.6 Å². The summed E-state index contributed by atoms with van der Waals surface area (Å²) in [5.41, 5.74) is 4.64. The van der Waals surface area contributed by atoms with Gasteiger partial charge in [0, 0.05) is 6.04 Å². The summed E-state index contributed by atoms with van der Waals surface area (Å²) in [5.74, 6) is 1.83. The summed E-state index contributed by atoms with van der Waals surface area (Å²) >= 11 is 0. The van der Waals surface area contributed by atoms with Crippen molar-refractivity contribution >= 4 is 0 Å². The van der Waals surface area contributed by atoms with E-state index >= 15 is 0 Å². The van der Waals surface area contributed by atoms with Crippen LogP contribution in [-0.4, -0.2) is 13.2 Å². The van der Waals surface area contributed by atoms with E-state index < -0.39 is 0 Å². The van der Waals surface area contributed by atoms with E-state index in [1.54, 1.807) is 7.11 Å². The molecule has 1 aliphatic heterocycles. The Bertz CT molecular complexity index is 771. The van der Waals surface area contributed by atoms with Crippen LogP contribution in [0.3, 0.4) is 0 Å². The summed E-state index contributed by atoms with van der Waals surface area (Å²) in [5, 5.41) is 12.9. The minimum atomic E-state index is 0.191. The molecular weight excluding hydrogens is 296 g/mol. The molecule has 0 amide bonds. The highest BCUT2D eigenvalue weighted by Gasteiger charge is 2.32. The molecule has 1 heterocycles. The van der Waals surface area contributed by atoms with Crippen molar-refractivity contribution in [1.82, 2.24) is 5.32 Å². The molecule has 0 unspecified atom stereocenters. The molecule has 122 valence electrons. The summed E-state index contributed by atoms with van der Waals surface area (Å²) in [6, 6.07) is 17.3. The predicted octanol–water partition coefficient (Wildman–Crippen LogP) is 3.97. The van der Waals surface area contributed by atoms with Gasteiger partial charge in [-0.3, -0.25) is 0 Å². The molecule has 2 atom stereocenters. The van der Waals surface area contributed by atoms with Crippen molar-refractivity contribution in [2.75, 3.05) is 7.11 Å². The van der Waals surface area contributed by atoms with Crippen LogP contribution in [0.15, 0.2) is 42.5 Å². The van der Waals surface area contributed by atoms with Crippen LogP contribution in [0.2, 0.25) is 0 Å². The van der Waals surface area contributed by atoms with Crippen molar-refractivity contribution < 1.29 is 4.74 Å². The number of hydrogen-bond donors (Lipinski definition) is 1. The van der Waals surface area contributed by atoms with Crippen molar-refractivity contribution in [2.45, 2.75) is 37.8 Å². The third-order valence-corrected chi connectivity index (χ3v) is 5.22. The lowest BCUT2D eigenvalue weighted by atomic mass is 9.85. The Kier molecular flexibility index (Phi) is 4.00. The fraction of sp³-hybridized carbons (Fsp3) is 0.381. The van der Waals surface area contributed by atoms with Gasteiger partial charge in [-0.15, -0.1) is 0 Å². The zero-order valence-electron chi connectivity index (χ0n) is 14.0. The molecule has 1 saturated carbocycles. The molecule has 1 aliphatic carbocycles. The molecule has 0 radical (unpaired) electrons. The van der Waals surface area contributed by atoms with Gasteiger partial charge in [0.05, 0.1) is 24.8 Å². The molecule has 0 spiro atoms. The van der Waals surface area contributed by atoms with Crippen LogP contribution < -0.4 is 10.1 Å². The molecule has 3 heteroatoms. The zero-order chi connectivity index (χ0) is 16.5. The van der Waals surface area contributed by atoms with E-state index in [4.69, 9.17) is 10.00 Å². The number of methoxy groups -OCH3 is 1. The summed E-state index contributed by atoms with van der Waals surface area (Å²) < 4.78 is 5.42. The Morgan fingerprint density at radius 1 is 1.17 bits per heavy atom. The highest BCUT2D eigenvalue weighted by Crippen LogP contribution is 2.38. The van der Waals surface area contributed by atoms with Gasteiger partial charge in [0.2, 0.25) is 0 Å². The number of nitrogens with one attached hydrogen (secondary N) is 1. The second-order valence-corrected chi connectivity index (χ2v) is 6.98. The molecule has 0 saturated heterocycles. The molecule has 2 aliphatic rings.